The van der Waals surface area contributed by atoms with Gasteiger partial charge in [-0.2, -0.15) is 4.40 Å². The molecule has 128 valence electrons. The SMILES string of the molecule is CS(=O)(=O)/N=C(/[O-])CCCCC(=O)Oc1c(I)cc(I)cc1I. The zero-order valence-electron chi connectivity index (χ0n) is 12.0. The highest BCUT2D eigenvalue weighted by Gasteiger charge is 2.12. The van der Waals surface area contributed by atoms with Crippen LogP contribution in [0.1, 0.15) is 25.7 Å². The average Bonchev–Trinajstić information content (AvgIpc) is 2.37. The molecule has 0 aliphatic rings. The summed E-state index contributed by atoms with van der Waals surface area (Å²) in [5.41, 5.74) is 0. The lowest BCUT2D eigenvalue weighted by Gasteiger charge is -2.10. The molecular formula is C13H13I3NO5S-. The molecule has 0 aliphatic heterocycles. The normalized spacial score (nSPS) is 12.3. The summed E-state index contributed by atoms with van der Waals surface area (Å²) in [6, 6.07) is 3.83. The van der Waals surface area contributed by atoms with Crippen LogP contribution in [0.25, 0.3) is 0 Å². The molecule has 0 spiro atoms. The van der Waals surface area contributed by atoms with Crippen molar-refractivity contribution in [3.05, 3.63) is 22.8 Å². The Bertz CT molecular complexity index is 695. The third-order valence-electron chi connectivity index (χ3n) is 2.47. The summed E-state index contributed by atoms with van der Waals surface area (Å²) in [5.74, 6) is -0.531. The maximum absolute atomic E-state index is 11.8. The number of hydrogen-bond donors (Lipinski definition) is 0. The van der Waals surface area contributed by atoms with Gasteiger partial charge in [0.2, 0.25) is 10.0 Å². The van der Waals surface area contributed by atoms with Crippen molar-refractivity contribution in [2.24, 2.45) is 4.40 Å². The maximum Gasteiger partial charge on any atom is 0.311 e. The van der Waals surface area contributed by atoms with Gasteiger partial charge in [-0.15, -0.1) is 0 Å². The van der Waals surface area contributed by atoms with E-state index in [-0.39, 0.29) is 18.8 Å². The minimum atomic E-state index is -3.65. The van der Waals surface area contributed by atoms with Gasteiger partial charge in [-0.05, 0) is 105 Å². The lowest BCUT2D eigenvalue weighted by Crippen LogP contribution is -2.19. The molecule has 0 fully saturated rings. The van der Waals surface area contributed by atoms with E-state index in [9.17, 15) is 18.3 Å². The molecule has 0 saturated carbocycles. The number of hydrogen-bond acceptors (Lipinski definition) is 5. The van der Waals surface area contributed by atoms with Crippen LogP contribution in [-0.4, -0.2) is 26.5 Å². The molecule has 0 atom stereocenters. The van der Waals surface area contributed by atoms with Crippen LogP contribution in [0.2, 0.25) is 0 Å². The van der Waals surface area contributed by atoms with E-state index in [4.69, 9.17) is 4.74 Å². The fraction of sp³-hybridized carbons (Fsp3) is 0.385. The number of carbonyl (C=O) groups excluding carboxylic acids is 1. The molecule has 0 aromatic heterocycles. The van der Waals surface area contributed by atoms with Gasteiger partial charge in [0.1, 0.15) is 0 Å². The number of halogens is 3. The van der Waals surface area contributed by atoms with E-state index < -0.39 is 15.9 Å². The van der Waals surface area contributed by atoms with Crippen LogP contribution in [0.3, 0.4) is 0 Å². The van der Waals surface area contributed by atoms with Crippen LogP contribution in [0.4, 0.5) is 0 Å². The number of carbonyl (C=O) groups is 1. The Morgan fingerprint density at radius 3 is 2.22 bits per heavy atom. The number of benzene rings is 1. The number of ether oxygens (including phenoxy) is 1. The molecule has 0 aliphatic carbocycles. The van der Waals surface area contributed by atoms with Crippen LogP contribution >= 0.6 is 67.8 Å². The zero-order chi connectivity index (χ0) is 17.6. The molecule has 1 aromatic carbocycles. The zero-order valence-corrected chi connectivity index (χ0v) is 19.3. The monoisotopic (exact) mass is 676 g/mol. The maximum atomic E-state index is 11.8. The molecule has 1 aromatic rings. The number of unbranched alkanes of at least 4 members (excludes halogenated alkanes) is 1. The molecule has 0 amide bonds. The van der Waals surface area contributed by atoms with Crippen LogP contribution in [-0.2, 0) is 14.8 Å². The molecule has 1 rings (SSSR count). The van der Waals surface area contributed by atoms with Gasteiger partial charge in [0.15, 0.2) is 5.75 Å². The Morgan fingerprint density at radius 1 is 1.17 bits per heavy atom. The molecular weight excluding hydrogens is 663 g/mol. The van der Waals surface area contributed by atoms with E-state index >= 15 is 0 Å². The molecule has 0 saturated heterocycles. The fourth-order valence-corrected chi connectivity index (χ4v) is 5.83. The Hall–Kier alpha value is 0.300. The van der Waals surface area contributed by atoms with E-state index in [0.29, 0.717) is 18.6 Å². The molecule has 0 bridgehead atoms. The van der Waals surface area contributed by atoms with E-state index in [1.54, 1.807) is 0 Å². The van der Waals surface area contributed by atoms with Crippen LogP contribution < -0.4 is 9.84 Å². The van der Waals surface area contributed by atoms with E-state index in [0.717, 1.165) is 17.0 Å². The molecule has 6 nitrogen and oxygen atoms in total. The second-order valence-corrected chi connectivity index (χ2v) is 9.82. The van der Waals surface area contributed by atoms with Crippen LogP contribution in [0.15, 0.2) is 16.5 Å². The molecule has 0 N–H and O–H groups in total. The number of rotatable bonds is 7. The minimum Gasteiger partial charge on any atom is -0.861 e. The van der Waals surface area contributed by atoms with Gasteiger partial charge in [0.25, 0.3) is 0 Å². The van der Waals surface area contributed by atoms with Crippen LogP contribution in [0, 0.1) is 10.7 Å². The number of sulfonamides is 1. The highest BCUT2D eigenvalue weighted by atomic mass is 127. The Balaban J connectivity index is 2.46. The first-order valence-corrected chi connectivity index (χ1v) is 11.5. The van der Waals surface area contributed by atoms with Crippen molar-refractivity contribution in [3.63, 3.8) is 0 Å². The number of nitrogens with zero attached hydrogens (tertiary/aromatic N) is 1. The highest BCUT2D eigenvalue weighted by Crippen LogP contribution is 2.29. The Labute approximate surface area is 175 Å². The molecule has 10 heteroatoms. The molecule has 23 heavy (non-hydrogen) atoms. The van der Waals surface area contributed by atoms with E-state index in [2.05, 4.69) is 72.2 Å². The summed E-state index contributed by atoms with van der Waals surface area (Å²) in [6.07, 6.45) is 1.84. The summed E-state index contributed by atoms with van der Waals surface area (Å²) in [4.78, 5) is 11.8. The Morgan fingerprint density at radius 2 is 1.70 bits per heavy atom. The van der Waals surface area contributed by atoms with Gasteiger partial charge in [0.05, 0.1) is 13.4 Å². The second kappa shape index (κ2) is 9.70. The fourth-order valence-electron chi connectivity index (χ4n) is 1.57. The lowest BCUT2D eigenvalue weighted by molar-refractivity contribution is -0.218. The number of esters is 1. The predicted molar refractivity (Wildman–Crippen MR) is 111 cm³/mol. The third-order valence-corrected chi connectivity index (χ3v) is 5.23. The minimum absolute atomic E-state index is 0.00104. The topological polar surface area (TPSA) is 95.9 Å². The van der Waals surface area contributed by atoms with E-state index in [1.165, 1.54) is 0 Å². The van der Waals surface area contributed by atoms with Crippen molar-refractivity contribution in [2.45, 2.75) is 25.7 Å². The van der Waals surface area contributed by atoms with Crippen molar-refractivity contribution >= 4 is 89.7 Å². The molecule has 0 unspecified atom stereocenters. The van der Waals surface area contributed by atoms with E-state index in [1.807, 2.05) is 12.1 Å². The van der Waals surface area contributed by atoms with Crippen molar-refractivity contribution in [1.82, 2.24) is 0 Å². The highest BCUT2D eigenvalue weighted by molar-refractivity contribution is 14.1. The first-order valence-electron chi connectivity index (χ1n) is 6.39. The van der Waals surface area contributed by atoms with Gasteiger partial charge >= 0.3 is 5.97 Å². The summed E-state index contributed by atoms with van der Waals surface area (Å²) in [6.45, 7) is 0. The summed E-state index contributed by atoms with van der Waals surface area (Å²) in [7, 11) is -3.65. The van der Waals surface area contributed by atoms with Crippen molar-refractivity contribution in [2.75, 3.05) is 6.26 Å². The van der Waals surface area contributed by atoms with Gasteiger partial charge < -0.3 is 9.84 Å². The second-order valence-electron chi connectivity index (χ2n) is 4.60. The smallest absolute Gasteiger partial charge is 0.311 e. The van der Waals surface area contributed by atoms with Crippen LogP contribution in [0.5, 0.6) is 5.75 Å². The van der Waals surface area contributed by atoms with Crippen molar-refractivity contribution in [1.29, 1.82) is 0 Å². The quantitative estimate of drug-likeness (QED) is 0.111. The summed E-state index contributed by atoms with van der Waals surface area (Å²) < 4.78 is 32.8. The lowest BCUT2D eigenvalue weighted by atomic mass is 10.2. The van der Waals surface area contributed by atoms with Crippen molar-refractivity contribution < 1.29 is 23.1 Å². The average molecular weight is 676 g/mol. The molecule has 0 heterocycles. The summed E-state index contributed by atoms with van der Waals surface area (Å²) >= 11 is 6.41. The molecule has 0 radical (unpaired) electrons. The third kappa shape index (κ3) is 8.81. The van der Waals surface area contributed by atoms with Gasteiger partial charge in [-0.1, -0.05) is 0 Å². The largest absolute Gasteiger partial charge is 0.861 e. The van der Waals surface area contributed by atoms with Crippen molar-refractivity contribution in [3.8, 4) is 5.75 Å². The Kier molecular flexibility index (Phi) is 9.00. The first kappa shape index (κ1) is 21.3. The van der Waals surface area contributed by atoms with Gasteiger partial charge in [-0.25, -0.2) is 8.42 Å². The van der Waals surface area contributed by atoms with Gasteiger partial charge in [-0.3, -0.25) is 4.79 Å². The standard InChI is InChI=1S/C13H14I3NO5S/c1-23(20,21)17-11(18)4-2-3-5-12(19)22-13-9(15)6-8(14)7-10(13)16/h6-7H,2-5H2,1H3,(H,17,18)/p-1. The van der Waals surface area contributed by atoms with Gasteiger partial charge in [0, 0.05) is 9.99 Å². The predicted octanol–water partition coefficient (Wildman–Crippen LogP) is 2.68. The first-order chi connectivity index (χ1) is 10.6. The summed E-state index contributed by atoms with van der Waals surface area (Å²) in [5, 5.41) is 11.3.